The fourth-order valence-electron chi connectivity index (χ4n) is 2.16. The lowest BCUT2D eigenvalue weighted by Gasteiger charge is -2.06. The monoisotopic (exact) mass is 277 g/mol. The van der Waals surface area contributed by atoms with Crippen molar-refractivity contribution in [2.24, 2.45) is 7.05 Å². The molecule has 0 amide bonds. The molecule has 3 rings (SSSR count). The molecule has 3 aromatic rings. The van der Waals surface area contributed by atoms with Gasteiger partial charge in [0.2, 0.25) is 0 Å². The van der Waals surface area contributed by atoms with Crippen LogP contribution >= 0.6 is 0 Å². The topological polar surface area (TPSA) is 43.8 Å². The van der Waals surface area contributed by atoms with Gasteiger partial charge in [0.15, 0.2) is 5.82 Å². The lowest BCUT2D eigenvalue weighted by Crippen LogP contribution is -1.99. The van der Waals surface area contributed by atoms with Gasteiger partial charge in [0.1, 0.15) is 23.0 Å². The normalized spacial score (nSPS) is 11.2. The van der Waals surface area contributed by atoms with Crippen LogP contribution in [-0.4, -0.2) is 9.55 Å². The van der Waals surface area contributed by atoms with Crippen LogP contribution in [0.1, 0.15) is 0 Å². The van der Waals surface area contributed by atoms with Crippen LogP contribution in [0.15, 0.2) is 30.3 Å². The molecule has 0 spiro atoms. The number of fused-ring (bicyclic) bond motifs is 1. The summed E-state index contributed by atoms with van der Waals surface area (Å²) in [4.78, 5) is 4.08. The number of aromatic nitrogens is 2. The SMILES string of the molecule is Cn1c(-c2cc(N)c(F)cc2F)nc2c(F)cccc21. The molecule has 0 radical (unpaired) electrons. The van der Waals surface area contributed by atoms with Gasteiger partial charge in [-0.3, -0.25) is 0 Å². The van der Waals surface area contributed by atoms with Crippen LogP contribution in [0.3, 0.4) is 0 Å². The summed E-state index contributed by atoms with van der Waals surface area (Å²) in [5.74, 6) is -1.94. The zero-order valence-corrected chi connectivity index (χ0v) is 10.5. The highest BCUT2D eigenvalue weighted by Gasteiger charge is 2.17. The molecule has 0 saturated heterocycles. The van der Waals surface area contributed by atoms with Crippen molar-refractivity contribution in [1.82, 2.24) is 9.55 Å². The van der Waals surface area contributed by atoms with Crippen molar-refractivity contribution in [2.45, 2.75) is 0 Å². The van der Waals surface area contributed by atoms with E-state index in [9.17, 15) is 13.2 Å². The molecule has 102 valence electrons. The molecule has 2 N–H and O–H groups in total. The summed E-state index contributed by atoms with van der Waals surface area (Å²) in [5, 5.41) is 0. The fraction of sp³-hybridized carbons (Fsp3) is 0.0714. The van der Waals surface area contributed by atoms with E-state index in [2.05, 4.69) is 4.98 Å². The number of anilines is 1. The van der Waals surface area contributed by atoms with Crippen LogP contribution in [0.2, 0.25) is 0 Å². The number of aryl methyl sites for hydroxylation is 1. The number of nitrogen functional groups attached to an aromatic ring is 1. The number of halogens is 3. The van der Waals surface area contributed by atoms with E-state index in [1.165, 1.54) is 10.6 Å². The van der Waals surface area contributed by atoms with E-state index in [1.54, 1.807) is 19.2 Å². The highest BCUT2D eigenvalue weighted by atomic mass is 19.1. The maximum atomic E-state index is 13.9. The summed E-state index contributed by atoms with van der Waals surface area (Å²) in [6, 6.07) is 6.33. The highest BCUT2D eigenvalue weighted by molar-refractivity contribution is 5.81. The second-order valence-electron chi connectivity index (χ2n) is 4.46. The Hall–Kier alpha value is -2.50. The predicted molar refractivity (Wildman–Crippen MR) is 70.4 cm³/mol. The number of hydrogen-bond donors (Lipinski definition) is 1. The molecule has 20 heavy (non-hydrogen) atoms. The van der Waals surface area contributed by atoms with Crippen molar-refractivity contribution in [3.63, 3.8) is 0 Å². The standard InChI is InChI=1S/C14H10F3N3/c1-20-12-4-2-3-8(15)13(12)19-14(20)7-5-11(18)10(17)6-9(7)16/h2-6H,18H2,1H3. The van der Waals surface area contributed by atoms with E-state index in [-0.39, 0.29) is 22.6 Å². The molecular formula is C14H10F3N3. The van der Waals surface area contributed by atoms with Gasteiger partial charge in [-0.2, -0.15) is 0 Å². The smallest absolute Gasteiger partial charge is 0.151 e. The van der Waals surface area contributed by atoms with Crippen LogP contribution in [-0.2, 0) is 7.05 Å². The minimum absolute atomic E-state index is 0.0296. The highest BCUT2D eigenvalue weighted by Crippen LogP contribution is 2.29. The molecule has 0 bridgehead atoms. The van der Waals surface area contributed by atoms with Gasteiger partial charge in [-0.25, -0.2) is 18.2 Å². The molecule has 0 aliphatic carbocycles. The quantitative estimate of drug-likeness (QED) is 0.694. The van der Waals surface area contributed by atoms with Crippen LogP contribution in [0, 0.1) is 17.5 Å². The molecular weight excluding hydrogens is 267 g/mol. The molecule has 0 aliphatic rings. The fourth-order valence-corrected chi connectivity index (χ4v) is 2.16. The Balaban J connectivity index is 2.33. The molecule has 2 aromatic carbocycles. The summed E-state index contributed by atoms with van der Waals surface area (Å²) < 4.78 is 42.3. The lowest BCUT2D eigenvalue weighted by molar-refractivity contribution is 0.587. The Morgan fingerprint density at radius 1 is 1.05 bits per heavy atom. The van der Waals surface area contributed by atoms with Crippen molar-refractivity contribution < 1.29 is 13.2 Å². The molecule has 0 atom stereocenters. The Morgan fingerprint density at radius 3 is 2.50 bits per heavy atom. The van der Waals surface area contributed by atoms with Crippen molar-refractivity contribution >= 4 is 16.7 Å². The summed E-state index contributed by atoms with van der Waals surface area (Å²) >= 11 is 0. The summed E-state index contributed by atoms with van der Waals surface area (Å²) in [6.07, 6.45) is 0. The van der Waals surface area contributed by atoms with Gasteiger partial charge in [-0.15, -0.1) is 0 Å². The number of benzene rings is 2. The summed E-state index contributed by atoms with van der Waals surface area (Å²) in [6.45, 7) is 0. The first-order valence-corrected chi connectivity index (χ1v) is 5.85. The van der Waals surface area contributed by atoms with Crippen molar-refractivity contribution in [1.29, 1.82) is 0 Å². The number of para-hydroxylation sites is 1. The van der Waals surface area contributed by atoms with E-state index in [4.69, 9.17) is 5.73 Å². The number of rotatable bonds is 1. The van der Waals surface area contributed by atoms with E-state index in [0.717, 1.165) is 6.07 Å². The molecule has 0 unspecified atom stereocenters. The summed E-state index contributed by atoms with van der Waals surface area (Å²) in [7, 11) is 1.63. The predicted octanol–water partition coefficient (Wildman–Crippen LogP) is 3.24. The Morgan fingerprint density at radius 2 is 1.80 bits per heavy atom. The van der Waals surface area contributed by atoms with E-state index in [0.29, 0.717) is 11.6 Å². The first kappa shape index (κ1) is 12.5. The largest absolute Gasteiger partial charge is 0.396 e. The van der Waals surface area contributed by atoms with E-state index in [1.807, 2.05) is 0 Å². The van der Waals surface area contributed by atoms with Crippen LogP contribution in [0.5, 0.6) is 0 Å². The van der Waals surface area contributed by atoms with Gasteiger partial charge >= 0.3 is 0 Å². The third kappa shape index (κ3) is 1.72. The maximum Gasteiger partial charge on any atom is 0.151 e. The average Bonchev–Trinajstić information content (AvgIpc) is 2.73. The summed E-state index contributed by atoms with van der Waals surface area (Å²) in [5.41, 5.74) is 5.94. The van der Waals surface area contributed by atoms with Gasteiger partial charge in [0.05, 0.1) is 16.8 Å². The molecule has 0 fully saturated rings. The van der Waals surface area contributed by atoms with Gasteiger partial charge < -0.3 is 10.3 Å². The maximum absolute atomic E-state index is 13.9. The molecule has 0 aliphatic heterocycles. The molecule has 1 aromatic heterocycles. The zero-order valence-electron chi connectivity index (χ0n) is 10.5. The van der Waals surface area contributed by atoms with Crippen molar-refractivity contribution in [3.8, 4) is 11.4 Å². The van der Waals surface area contributed by atoms with E-state index >= 15 is 0 Å². The van der Waals surface area contributed by atoms with Crippen LogP contribution in [0.25, 0.3) is 22.4 Å². The Labute approximate surface area is 112 Å². The number of nitrogens with two attached hydrogens (primary N) is 1. The Bertz CT molecular complexity index is 824. The minimum Gasteiger partial charge on any atom is -0.396 e. The minimum atomic E-state index is -0.837. The zero-order chi connectivity index (χ0) is 14.4. The lowest BCUT2D eigenvalue weighted by atomic mass is 10.1. The average molecular weight is 277 g/mol. The molecule has 6 heteroatoms. The first-order chi connectivity index (χ1) is 9.49. The molecule has 0 saturated carbocycles. The van der Waals surface area contributed by atoms with Crippen molar-refractivity contribution in [3.05, 3.63) is 47.8 Å². The second kappa shape index (κ2) is 4.26. The van der Waals surface area contributed by atoms with Crippen LogP contribution < -0.4 is 5.73 Å². The number of imidazole rings is 1. The molecule has 1 heterocycles. The van der Waals surface area contributed by atoms with Crippen LogP contribution in [0.4, 0.5) is 18.9 Å². The third-order valence-electron chi connectivity index (χ3n) is 3.19. The first-order valence-electron chi connectivity index (χ1n) is 5.85. The van der Waals surface area contributed by atoms with Gasteiger partial charge in [0.25, 0.3) is 0 Å². The van der Waals surface area contributed by atoms with E-state index < -0.39 is 17.5 Å². The second-order valence-corrected chi connectivity index (χ2v) is 4.46. The van der Waals surface area contributed by atoms with Gasteiger partial charge in [0, 0.05) is 13.1 Å². The van der Waals surface area contributed by atoms with Gasteiger partial charge in [-0.1, -0.05) is 6.07 Å². The number of hydrogen-bond acceptors (Lipinski definition) is 2. The third-order valence-corrected chi connectivity index (χ3v) is 3.19. The van der Waals surface area contributed by atoms with Crippen molar-refractivity contribution in [2.75, 3.05) is 5.73 Å². The van der Waals surface area contributed by atoms with Gasteiger partial charge in [-0.05, 0) is 18.2 Å². The molecule has 3 nitrogen and oxygen atoms in total. The Kier molecular flexibility index (Phi) is 2.67. The number of nitrogens with zero attached hydrogens (tertiary/aromatic N) is 2.